The van der Waals surface area contributed by atoms with E-state index >= 15 is 0 Å². The molecule has 1 unspecified atom stereocenters. The molecule has 1 aliphatic carbocycles. The Bertz CT molecular complexity index is 688. The summed E-state index contributed by atoms with van der Waals surface area (Å²) in [5, 5.41) is 0. The number of rotatable bonds is 3. The minimum atomic E-state index is -4.50. The zero-order chi connectivity index (χ0) is 19.8. The second kappa shape index (κ2) is 7.26. The summed E-state index contributed by atoms with van der Waals surface area (Å²) in [7, 11) is 0. The first kappa shape index (κ1) is 19.9. The Kier molecular flexibility index (Phi) is 5.33. The fraction of sp³-hybridized carbons (Fsp3) is 0.722. The number of nitrogens with two attached hydrogens (primary N) is 1. The fourth-order valence-corrected chi connectivity index (χ4v) is 4.16. The predicted octanol–water partition coefficient (Wildman–Crippen LogP) is 2.30. The average molecular weight is 385 g/mol. The molecule has 0 radical (unpaired) electrons. The third-order valence-corrected chi connectivity index (χ3v) is 5.90. The number of nitrogens with zero attached hydrogens (tertiary/aromatic N) is 4. The molecule has 1 aliphatic heterocycles. The Morgan fingerprint density at radius 1 is 1.30 bits per heavy atom. The van der Waals surface area contributed by atoms with Gasteiger partial charge < -0.3 is 15.5 Å². The minimum absolute atomic E-state index is 0.0520. The van der Waals surface area contributed by atoms with E-state index in [0.29, 0.717) is 32.6 Å². The lowest BCUT2D eigenvalue weighted by atomic mass is 9.74. The van der Waals surface area contributed by atoms with Crippen molar-refractivity contribution in [3.05, 3.63) is 18.0 Å². The van der Waals surface area contributed by atoms with Gasteiger partial charge in [-0.15, -0.1) is 0 Å². The van der Waals surface area contributed by atoms with Crippen molar-refractivity contribution in [2.75, 3.05) is 31.1 Å². The van der Waals surface area contributed by atoms with Crippen LogP contribution in [0.15, 0.2) is 12.3 Å². The largest absolute Gasteiger partial charge is 0.433 e. The van der Waals surface area contributed by atoms with Crippen LogP contribution in [0.1, 0.15) is 38.8 Å². The molecule has 150 valence electrons. The van der Waals surface area contributed by atoms with Crippen molar-refractivity contribution in [1.82, 2.24) is 14.9 Å². The van der Waals surface area contributed by atoms with Crippen molar-refractivity contribution in [1.29, 1.82) is 0 Å². The Balaban J connectivity index is 1.68. The molecule has 1 amide bonds. The van der Waals surface area contributed by atoms with E-state index in [1.807, 2.05) is 4.90 Å². The summed E-state index contributed by atoms with van der Waals surface area (Å²) in [5.41, 5.74) is 4.70. The standard InChI is InChI=1S/C18H26F3N5O/c1-12(2)17(5-3-13(22)11-17)15(27)25-7-9-26(10-8-25)16-23-6-4-14(24-16)18(19,20)21/h4,6,12-13H,3,5,7-11,22H2,1-2H3/t13-,17?/m1/s1. The van der Waals surface area contributed by atoms with Crippen molar-refractivity contribution < 1.29 is 18.0 Å². The van der Waals surface area contributed by atoms with Crippen molar-refractivity contribution >= 4 is 11.9 Å². The zero-order valence-corrected chi connectivity index (χ0v) is 15.7. The second-order valence-corrected chi connectivity index (χ2v) is 7.83. The maximum absolute atomic E-state index is 13.2. The van der Waals surface area contributed by atoms with E-state index in [-0.39, 0.29) is 23.8 Å². The number of anilines is 1. The second-order valence-electron chi connectivity index (χ2n) is 7.83. The molecule has 1 aromatic rings. The van der Waals surface area contributed by atoms with Gasteiger partial charge in [-0.25, -0.2) is 9.97 Å². The molecule has 0 bridgehead atoms. The highest BCUT2D eigenvalue weighted by Gasteiger charge is 2.48. The SMILES string of the molecule is CC(C)C1(C(=O)N2CCN(c3nccc(C(F)(F)F)n3)CC2)CC[C@@H](N)C1. The summed E-state index contributed by atoms with van der Waals surface area (Å²) in [6, 6.07) is 0.912. The molecule has 2 heterocycles. The third-order valence-electron chi connectivity index (χ3n) is 5.90. The van der Waals surface area contributed by atoms with E-state index in [2.05, 4.69) is 23.8 Å². The molecule has 2 atom stereocenters. The molecule has 2 fully saturated rings. The van der Waals surface area contributed by atoms with Crippen LogP contribution in [0.3, 0.4) is 0 Å². The lowest BCUT2D eigenvalue weighted by molar-refractivity contribution is -0.145. The number of hydrogen-bond acceptors (Lipinski definition) is 5. The summed E-state index contributed by atoms with van der Waals surface area (Å²) in [6.45, 7) is 5.83. The van der Waals surface area contributed by atoms with Gasteiger partial charge in [-0.3, -0.25) is 4.79 Å². The topological polar surface area (TPSA) is 75.4 Å². The summed E-state index contributed by atoms with van der Waals surface area (Å²) in [4.78, 5) is 24.3. The van der Waals surface area contributed by atoms with Crippen LogP contribution >= 0.6 is 0 Å². The highest BCUT2D eigenvalue weighted by atomic mass is 19.4. The van der Waals surface area contributed by atoms with E-state index in [0.717, 1.165) is 25.1 Å². The van der Waals surface area contributed by atoms with Crippen molar-refractivity contribution in [2.24, 2.45) is 17.1 Å². The molecule has 1 aromatic heterocycles. The number of amides is 1. The van der Waals surface area contributed by atoms with Crippen LogP contribution in [0.2, 0.25) is 0 Å². The lowest BCUT2D eigenvalue weighted by Gasteiger charge is -2.41. The quantitative estimate of drug-likeness (QED) is 0.864. The lowest BCUT2D eigenvalue weighted by Crippen LogP contribution is -2.54. The first-order valence-corrected chi connectivity index (χ1v) is 9.33. The van der Waals surface area contributed by atoms with Crippen LogP contribution in [-0.2, 0) is 11.0 Å². The van der Waals surface area contributed by atoms with E-state index in [9.17, 15) is 18.0 Å². The van der Waals surface area contributed by atoms with Crippen molar-refractivity contribution in [2.45, 2.75) is 45.3 Å². The monoisotopic (exact) mass is 385 g/mol. The molecule has 27 heavy (non-hydrogen) atoms. The smallest absolute Gasteiger partial charge is 0.339 e. The minimum Gasteiger partial charge on any atom is -0.339 e. The number of halogens is 3. The van der Waals surface area contributed by atoms with Crippen LogP contribution in [0.25, 0.3) is 0 Å². The van der Waals surface area contributed by atoms with Gasteiger partial charge in [-0.1, -0.05) is 13.8 Å². The van der Waals surface area contributed by atoms with Gasteiger partial charge in [0.15, 0.2) is 0 Å². The molecule has 2 N–H and O–H groups in total. The maximum atomic E-state index is 13.2. The number of piperazine rings is 1. The van der Waals surface area contributed by atoms with E-state index in [1.54, 1.807) is 4.90 Å². The summed E-state index contributed by atoms with van der Waals surface area (Å²) >= 11 is 0. The van der Waals surface area contributed by atoms with Crippen molar-refractivity contribution in [3.8, 4) is 0 Å². The summed E-state index contributed by atoms with van der Waals surface area (Å²) < 4.78 is 38.6. The molecule has 1 saturated carbocycles. The van der Waals surface area contributed by atoms with Gasteiger partial charge in [0.25, 0.3) is 0 Å². The van der Waals surface area contributed by atoms with E-state index in [1.165, 1.54) is 0 Å². The molecule has 0 spiro atoms. The highest BCUT2D eigenvalue weighted by molar-refractivity contribution is 5.83. The van der Waals surface area contributed by atoms with Gasteiger partial charge in [0.05, 0.1) is 5.41 Å². The first-order chi connectivity index (χ1) is 12.6. The Hall–Kier alpha value is -1.90. The van der Waals surface area contributed by atoms with Crippen molar-refractivity contribution in [3.63, 3.8) is 0 Å². The van der Waals surface area contributed by atoms with Gasteiger partial charge in [0, 0.05) is 38.4 Å². The first-order valence-electron chi connectivity index (χ1n) is 9.33. The van der Waals surface area contributed by atoms with Crippen LogP contribution in [0.5, 0.6) is 0 Å². The molecular weight excluding hydrogens is 359 g/mol. The molecule has 0 aromatic carbocycles. The Morgan fingerprint density at radius 2 is 1.96 bits per heavy atom. The van der Waals surface area contributed by atoms with E-state index < -0.39 is 17.3 Å². The number of carbonyl (C=O) groups is 1. The van der Waals surface area contributed by atoms with Crippen LogP contribution < -0.4 is 10.6 Å². The van der Waals surface area contributed by atoms with Gasteiger partial charge in [-0.05, 0) is 31.2 Å². The number of hydrogen-bond donors (Lipinski definition) is 1. The molecule has 9 heteroatoms. The molecule has 3 rings (SSSR count). The normalized spacial score (nSPS) is 26.7. The van der Waals surface area contributed by atoms with Gasteiger partial charge >= 0.3 is 6.18 Å². The van der Waals surface area contributed by atoms with Gasteiger partial charge in [0.1, 0.15) is 5.69 Å². The number of carbonyl (C=O) groups excluding carboxylic acids is 1. The number of alkyl halides is 3. The molecular formula is C18H26F3N5O. The Morgan fingerprint density at radius 3 is 2.48 bits per heavy atom. The average Bonchev–Trinajstić information content (AvgIpc) is 3.04. The predicted molar refractivity (Wildman–Crippen MR) is 94.9 cm³/mol. The number of aromatic nitrogens is 2. The molecule has 6 nitrogen and oxygen atoms in total. The third kappa shape index (κ3) is 3.88. The van der Waals surface area contributed by atoms with Gasteiger partial charge in [0.2, 0.25) is 11.9 Å². The Labute approximate surface area is 156 Å². The zero-order valence-electron chi connectivity index (χ0n) is 15.7. The highest BCUT2D eigenvalue weighted by Crippen LogP contribution is 2.45. The van der Waals surface area contributed by atoms with E-state index in [4.69, 9.17) is 5.73 Å². The molecule has 1 saturated heterocycles. The van der Waals surface area contributed by atoms with Crippen LogP contribution in [-0.4, -0.2) is 53.0 Å². The fourth-order valence-electron chi connectivity index (χ4n) is 4.16. The van der Waals surface area contributed by atoms with Gasteiger partial charge in [-0.2, -0.15) is 13.2 Å². The molecule has 2 aliphatic rings. The van der Waals surface area contributed by atoms with Crippen LogP contribution in [0, 0.1) is 11.3 Å². The summed E-state index contributed by atoms with van der Waals surface area (Å²) in [5.74, 6) is 0.372. The maximum Gasteiger partial charge on any atom is 0.433 e. The summed E-state index contributed by atoms with van der Waals surface area (Å²) in [6.07, 6.45) is -1.04. The van der Waals surface area contributed by atoms with Crippen LogP contribution in [0.4, 0.5) is 19.1 Å².